The van der Waals surface area contributed by atoms with Crippen LogP contribution in [0.15, 0.2) is 36.4 Å². The summed E-state index contributed by atoms with van der Waals surface area (Å²) in [6.07, 6.45) is 4.77. The zero-order valence-corrected chi connectivity index (χ0v) is 23.2. The van der Waals surface area contributed by atoms with Crippen LogP contribution in [0.5, 0.6) is 0 Å². The molecule has 3 atom stereocenters. The second-order valence-corrected chi connectivity index (χ2v) is 11.9. The van der Waals surface area contributed by atoms with E-state index in [1.165, 1.54) is 12.1 Å². The number of hydrogen-bond donors (Lipinski definition) is 4. The summed E-state index contributed by atoms with van der Waals surface area (Å²) in [5.41, 5.74) is 0.451. The molecule has 0 spiro atoms. The van der Waals surface area contributed by atoms with Crippen molar-refractivity contribution < 1.29 is 27.9 Å². The Balaban J connectivity index is 0.000000353. The summed E-state index contributed by atoms with van der Waals surface area (Å²) in [4.78, 5) is 23.1. The fourth-order valence-corrected chi connectivity index (χ4v) is 5.47. The van der Waals surface area contributed by atoms with Crippen molar-refractivity contribution in [3.8, 4) is 0 Å². The van der Waals surface area contributed by atoms with Crippen LogP contribution in [0.25, 0.3) is 0 Å². The average Bonchev–Trinajstić information content (AvgIpc) is 3.27. The van der Waals surface area contributed by atoms with Gasteiger partial charge in [0.15, 0.2) is 11.6 Å². The number of carbonyl (C=O) groups excluding carboxylic acids is 2. The van der Waals surface area contributed by atoms with Crippen LogP contribution in [-0.4, -0.2) is 42.2 Å². The Morgan fingerprint density at radius 1 is 1.10 bits per heavy atom. The number of aliphatic hydroxyl groups excluding tert-OH is 1. The van der Waals surface area contributed by atoms with Crippen molar-refractivity contribution in [3.63, 3.8) is 0 Å². The lowest BCUT2D eigenvalue weighted by atomic mass is 9.78. The van der Waals surface area contributed by atoms with Crippen LogP contribution in [0.4, 0.5) is 18.9 Å². The summed E-state index contributed by atoms with van der Waals surface area (Å²) < 4.78 is 41.4. The van der Waals surface area contributed by atoms with Crippen LogP contribution in [-0.2, 0) is 9.59 Å². The van der Waals surface area contributed by atoms with Gasteiger partial charge in [-0.15, -0.1) is 0 Å². The molecule has 6 nitrogen and oxygen atoms in total. The maximum absolute atomic E-state index is 14.7. The maximum Gasteiger partial charge on any atom is 0.229 e. The molecule has 1 aliphatic carbocycles. The highest BCUT2D eigenvalue weighted by atomic mass is 35.5. The summed E-state index contributed by atoms with van der Waals surface area (Å²) >= 11 is 5.95. The number of rotatable bonds is 6. The lowest BCUT2D eigenvalue weighted by Crippen LogP contribution is -2.38. The highest BCUT2D eigenvalue weighted by molar-refractivity contribution is 6.30. The fraction of sp³-hybridized carbons (Fsp3) is 0.517. The molecule has 0 radical (unpaired) electrons. The minimum absolute atomic E-state index is 0.00142. The van der Waals surface area contributed by atoms with Gasteiger partial charge in [0.25, 0.3) is 0 Å². The highest BCUT2D eigenvalue weighted by Crippen LogP contribution is 2.39. The number of hydrogen-bond acceptors (Lipinski definition) is 4. The molecule has 4 N–H and O–H groups in total. The van der Waals surface area contributed by atoms with E-state index in [4.69, 9.17) is 16.7 Å². The predicted molar refractivity (Wildman–Crippen MR) is 146 cm³/mol. The van der Waals surface area contributed by atoms with E-state index in [1.54, 1.807) is 12.1 Å². The molecule has 2 aromatic carbocycles. The van der Waals surface area contributed by atoms with Crippen molar-refractivity contribution in [1.82, 2.24) is 10.6 Å². The van der Waals surface area contributed by atoms with Crippen LogP contribution in [0.3, 0.4) is 0 Å². The van der Waals surface area contributed by atoms with Crippen LogP contribution < -0.4 is 16.0 Å². The molecule has 39 heavy (non-hydrogen) atoms. The summed E-state index contributed by atoms with van der Waals surface area (Å²) in [6, 6.07) is 8.04. The quantitative estimate of drug-likeness (QED) is 0.345. The lowest BCUT2D eigenvalue weighted by Gasteiger charge is -2.29. The van der Waals surface area contributed by atoms with Gasteiger partial charge >= 0.3 is 0 Å². The van der Waals surface area contributed by atoms with E-state index in [1.807, 2.05) is 0 Å². The van der Waals surface area contributed by atoms with Gasteiger partial charge in [0.1, 0.15) is 5.82 Å². The second-order valence-electron chi connectivity index (χ2n) is 11.5. The number of nitrogens with one attached hydrogen (secondary N) is 3. The number of aliphatic hydroxyl groups is 1. The first-order valence-electron chi connectivity index (χ1n) is 13.2. The fourth-order valence-electron chi connectivity index (χ4n) is 5.29. The topological polar surface area (TPSA) is 90.5 Å². The molecule has 0 aromatic heterocycles. The van der Waals surface area contributed by atoms with Gasteiger partial charge in [-0.05, 0) is 61.3 Å². The van der Waals surface area contributed by atoms with Crippen molar-refractivity contribution >= 4 is 29.6 Å². The Kier molecular flexibility index (Phi) is 10.8. The average molecular weight is 568 g/mol. The van der Waals surface area contributed by atoms with Crippen molar-refractivity contribution in [1.29, 1.82) is 0 Å². The molecule has 3 unspecified atom stereocenters. The van der Waals surface area contributed by atoms with Gasteiger partial charge in [-0.2, -0.15) is 0 Å². The number of carbonyl (C=O) groups is 2. The van der Waals surface area contributed by atoms with Crippen molar-refractivity contribution in [3.05, 3.63) is 64.4 Å². The maximum atomic E-state index is 14.7. The zero-order valence-electron chi connectivity index (χ0n) is 22.4. The molecule has 1 heterocycles. The molecule has 1 saturated carbocycles. The van der Waals surface area contributed by atoms with E-state index in [2.05, 4.69) is 36.7 Å². The van der Waals surface area contributed by atoms with E-state index in [0.29, 0.717) is 24.6 Å². The first kappa shape index (κ1) is 30.9. The van der Waals surface area contributed by atoms with E-state index < -0.39 is 29.3 Å². The SMILES string of the molecule is CC(C)(C)CC1NCC(c2cccc(Cl)c2F)C1C(=O)Nc1ccc(F)c(F)c1.O=CNC1CCC(O)CC1. The number of benzene rings is 2. The second kappa shape index (κ2) is 13.6. The molecule has 0 bridgehead atoms. The van der Waals surface area contributed by atoms with E-state index in [9.17, 15) is 22.8 Å². The third kappa shape index (κ3) is 8.68. The monoisotopic (exact) mass is 567 g/mol. The molecule has 2 fully saturated rings. The van der Waals surface area contributed by atoms with Gasteiger partial charge in [-0.1, -0.05) is 44.5 Å². The Bertz CT molecular complexity index is 1140. The first-order valence-corrected chi connectivity index (χ1v) is 13.6. The summed E-state index contributed by atoms with van der Waals surface area (Å²) in [6.45, 7) is 6.60. The molecule has 4 rings (SSSR count). The molecule has 1 saturated heterocycles. The van der Waals surface area contributed by atoms with E-state index >= 15 is 0 Å². The minimum atomic E-state index is -1.05. The molecular weight excluding hydrogens is 531 g/mol. The van der Waals surface area contributed by atoms with Crippen LogP contribution in [0, 0.1) is 28.8 Å². The highest BCUT2D eigenvalue weighted by Gasteiger charge is 2.44. The molecule has 2 aliphatic rings. The van der Waals surface area contributed by atoms with Crippen LogP contribution in [0.1, 0.15) is 64.4 Å². The van der Waals surface area contributed by atoms with Crippen molar-refractivity contribution in [2.45, 2.75) is 77.0 Å². The normalized spacial score (nSPS) is 24.9. The molecule has 10 heteroatoms. The molecule has 1 aliphatic heterocycles. The van der Waals surface area contributed by atoms with Gasteiger partial charge < -0.3 is 21.1 Å². The summed E-state index contributed by atoms with van der Waals surface area (Å²) in [7, 11) is 0. The van der Waals surface area contributed by atoms with Gasteiger partial charge in [-0.3, -0.25) is 9.59 Å². The Morgan fingerprint density at radius 3 is 2.41 bits per heavy atom. The molecule has 2 aromatic rings. The third-order valence-electron chi connectivity index (χ3n) is 7.17. The first-order chi connectivity index (χ1) is 18.4. The Morgan fingerprint density at radius 2 is 1.79 bits per heavy atom. The van der Waals surface area contributed by atoms with E-state index in [-0.39, 0.29) is 34.2 Å². The molecule has 214 valence electrons. The number of amides is 2. The molecule has 2 amide bonds. The smallest absolute Gasteiger partial charge is 0.229 e. The summed E-state index contributed by atoms with van der Waals surface area (Å²) in [5, 5.41) is 17.8. The van der Waals surface area contributed by atoms with Gasteiger partial charge in [0, 0.05) is 36.3 Å². The standard InChI is InChI=1S/C22H24ClF3N2O.C7H13NO2/c1-22(2,3)10-18-19(21(29)28-12-7-8-16(24)17(25)9-12)14(11-27-18)13-5-4-6-15(23)20(13)26;9-5-8-6-1-3-7(10)4-2-6/h4-9,14,18-19,27H,10-11H2,1-3H3,(H,28,29);5-7,10H,1-4H2,(H,8,9). The van der Waals surface area contributed by atoms with Gasteiger partial charge in [-0.25, -0.2) is 13.2 Å². The van der Waals surface area contributed by atoms with Crippen LogP contribution in [0.2, 0.25) is 5.02 Å². The Labute approximate surface area is 232 Å². The van der Waals surface area contributed by atoms with Gasteiger partial charge in [0.05, 0.1) is 17.0 Å². The van der Waals surface area contributed by atoms with Gasteiger partial charge in [0.2, 0.25) is 12.3 Å². The minimum Gasteiger partial charge on any atom is -0.393 e. The number of anilines is 1. The largest absolute Gasteiger partial charge is 0.393 e. The van der Waals surface area contributed by atoms with Crippen LogP contribution >= 0.6 is 11.6 Å². The number of halogens is 4. The molecular formula is C29H37ClF3N3O3. The lowest BCUT2D eigenvalue weighted by molar-refractivity contribution is -0.120. The zero-order chi connectivity index (χ0) is 28.7. The predicted octanol–water partition coefficient (Wildman–Crippen LogP) is 5.54. The van der Waals surface area contributed by atoms with Crippen molar-refractivity contribution in [2.75, 3.05) is 11.9 Å². The third-order valence-corrected chi connectivity index (χ3v) is 7.46. The summed E-state index contributed by atoms with van der Waals surface area (Å²) in [5.74, 6) is -3.99. The van der Waals surface area contributed by atoms with Crippen molar-refractivity contribution in [2.24, 2.45) is 11.3 Å². The Hall–Kier alpha value is -2.62. The van der Waals surface area contributed by atoms with E-state index in [0.717, 1.165) is 44.2 Å².